The van der Waals surface area contributed by atoms with Crippen molar-refractivity contribution < 1.29 is 63.1 Å². The van der Waals surface area contributed by atoms with Gasteiger partial charge in [0, 0.05) is 12.8 Å². The van der Waals surface area contributed by atoms with E-state index in [0.29, 0.717) is 12.8 Å². The van der Waals surface area contributed by atoms with Crippen molar-refractivity contribution in [2.75, 3.05) is 13.2 Å². The number of phosphoric ester groups is 1. The summed E-state index contributed by atoms with van der Waals surface area (Å²) < 4.78 is 33.6. The van der Waals surface area contributed by atoms with Gasteiger partial charge >= 0.3 is 19.8 Å². The average Bonchev–Trinajstić information content (AvgIpc) is 3.29. The third-order valence-corrected chi connectivity index (χ3v) is 13.9. The third kappa shape index (κ3) is 33.9. The zero-order valence-electron chi connectivity index (χ0n) is 41.3. The lowest BCUT2D eigenvalue weighted by atomic mass is 9.85. The van der Waals surface area contributed by atoms with Crippen LogP contribution in [0.1, 0.15) is 258 Å². The lowest BCUT2D eigenvalue weighted by Gasteiger charge is -2.41. The van der Waals surface area contributed by atoms with Gasteiger partial charge in [0.1, 0.15) is 43.2 Å². The van der Waals surface area contributed by atoms with Crippen molar-refractivity contribution in [3.8, 4) is 0 Å². The molecule has 0 heterocycles. The van der Waals surface area contributed by atoms with Crippen LogP contribution in [-0.2, 0) is 32.7 Å². The molecule has 0 aromatic heterocycles. The Labute approximate surface area is 395 Å². The molecule has 1 aliphatic carbocycles. The highest BCUT2D eigenvalue weighted by Gasteiger charge is 2.51. The van der Waals surface area contributed by atoms with Gasteiger partial charge in [-0.25, -0.2) is 4.57 Å². The van der Waals surface area contributed by atoms with E-state index in [1.807, 2.05) is 0 Å². The van der Waals surface area contributed by atoms with Crippen LogP contribution in [0.2, 0.25) is 0 Å². The Balaban J connectivity index is 2.31. The molecule has 0 saturated heterocycles. The van der Waals surface area contributed by atoms with Crippen LogP contribution in [0, 0.1) is 0 Å². The molecule has 0 aliphatic heterocycles. The molecule has 0 amide bonds. The van der Waals surface area contributed by atoms with Gasteiger partial charge in [0.15, 0.2) is 6.10 Å². The number of aliphatic hydroxyl groups is 5. The SMILES string of the molecule is CCCCCCCCCCCCCCCCCCCCCCCCCC(=O)OC[C@@H](COP(=O)(O)OC1C(O)C(O)C(O)[C@H](O)C1O)OC(=O)CCCCCCCCCCCCCCC. The predicted molar refractivity (Wildman–Crippen MR) is 258 cm³/mol. The Morgan fingerprint density at radius 2 is 0.692 bits per heavy atom. The molecule has 0 spiro atoms. The Kier molecular flexibility index (Phi) is 39.8. The summed E-state index contributed by atoms with van der Waals surface area (Å²) >= 11 is 0. The topological polar surface area (TPSA) is 210 Å². The molecule has 0 aromatic carbocycles. The van der Waals surface area contributed by atoms with Gasteiger partial charge in [-0.3, -0.25) is 18.6 Å². The largest absolute Gasteiger partial charge is 0.472 e. The molecule has 386 valence electrons. The molecule has 0 bridgehead atoms. The summed E-state index contributed by atoms with van der Waals surface area (Å²) in [5.41, 5.74) is 0. The van der Waals surface area contributed by atoms with E-state index >= 15 is 0 Å². The molecule has 8 atom stereocenters. The number of ether oxygens (including phenoxy) is 2. The third-order valence-electron chi connectivity index (χ3n) is 12.9. The first-order valence-corrected chi connectivity index (χ1v) is 28.3. The minimum Gasteiger partial charge on any atom is -0.462 e. The average molecular weight is 951 g/mol. The monoisotopic (exact) mass is 951 g/mol. The van der Waals surface area contributed by atoms with Crippen LogP contribution in [0.5, 0.6) is 0 Å². The minimum absolute atomic E-state index is 0.105. The van der Waals surface area contributed by atoms with Crippen molar-refractivity contribution in [2.45, 2.75) is 301 Å². The molecule has 14 heteroatoms. The van der Waals surface area contributed by atoms with Crippen LogP contribution in [-0.4, -0.2) is 98.3 Å². The second kappa shape index (κ2) is 41.8. The van der Waals surface area contributed by atoms with Gasteiger partial charge in [0.05, 0.1) is 6.61 Å². The van der Waals surface area contributed by atoms with Gasteiger partial charge in [-0.2, -0.15) is 0 Å². The smallest absolute Gasteiger partial charge is 0.462 e. The summed E-state index contributed by atoms with van der Waals surface area (Å²) in [5.74, 6) is -1.08. The fourth-order valence-electron chi connectivity index (χ4n) is 8.64. The van der Waals surface area contributed by atoms with E-state index in [1.54, 1.807) is 0 Å². The van der Waals surface area contributed by atoms with Crippen LogP contribution in [0.3, 0.4) is 0 Å². The number of hydrogen-bond donors (Lipinski definition) is 6. The van der Waals surface area contributed by atoms with Crippen LogP contribution in [0.15, 0.2) is 0 Å². The van der Waals surface area contributed by atoms with Crippen LogP contribution in [0.25, 0.3) is 0 Å². The number of hydrogen-bond acceptors (Lipinski definition) is 12. The van der Waals surface area contributed by atoms with Crippen molar-refractivity contribution in [1.29, 1.82) is 0 Å². The molecule has 0 aromatic rings. The van der Waals surface area contributed by atoms with Gasteiger partial charge in [-0.1, -0.05) is 232 Å². The number of phosphoric acid groups is 1. The first-order valence-electron chi connectivity index (χ1n) is 26.8. The van der Waals surface area contributed by atoms with Crippen molar-refractivity contribution in [2.24, 2.45) is 0 Å². The van der Waals surface area contributed by atoms with Gasteiger partial charge in [-0.05, 0) is 12.8 Å². The summed E-state index contributed by atoms with van der Waals surface area (Å²) in [6.07, 6.45) is 31.6. The van der Waals surface area contributed by atoms with Gasteiger partial charge in [0.25, 0.3) is 0 Å². The molecule has 6 unspecified atom stereocenters. The summed E-state index contributed by atoms with van der Waals surface area (Å²) in [4.78, 5) is 35.8. The molecular formula is C51H99O13P. The Bertz CT molecular complexity index is 1150. The van der Waals surface area contributed by atoms with Crippen molar-refractivity contribution in [3.63, 3.8) is 0 Å². The highest BCUT2D eigenvalue weighted by atomic mass is 31.2. The lowest BCUT2D eigenvalue weighted by molar-refractivity contribution is -0.220. The Morgan fingerprint density at radius 3 is 1.02 bits per heavy atom. The zero-order chi connectivity index (χ0) is 47.8. The molecular weight excluding hydrogens is 852 g/mol. The van der Waals surface area contributed by atoms with Crippen molar-refractivity contribution in [1.82, 2.24) is 0 Å². The first-order chi connectivity index (χ1) is 31.4. The Hall–Kier alpha value is -1.15. The predicted octanol–water partition coefficient (Wildman–Crippen LogP) is 11.6. The fourth-order valence-corrected chi connectivity index (χ4v) is 9.62. The maximum absolute atomic E-state index is 12.8. The number of carbonyl (C=O) groups is 2. The second-order valence-electron chi connectivity index (χ2n) is 19.1. The quantitative estimate of drug-likeness (QED) is 0.0191. The van der Waals surface area contributed by atoms with E-state index in [9.17, 15) is 44.6 Å². The van der Waals surface area contributed by atoms with Crippen LogP contribution in [0.4, 0.5) is 0 Å². The van der Waals surface area contributed by atoms with Gasteiger partial charge in [-0.15, -0.1) is 0 Å². The molecule has 1 rings (SSSR count). The second-order valence-corrected chi connectivity index (χ2v) is 20.5. The normalized spacial score (nSPS) is 21.3. The molecule has 13 nitrogen and oxygen atoms in total. The fraction of sp³-hybridized carbons (Fsp3) is 0.961. The van der Waals surface area contributed by atoms with E-state index in [0.717, 1.165) is 38.5 Å². The van der Waals surface area contributed by atoms with Gasteiger partial charge < -0.3 is 39.9 Å². The van der Waals surface area contributed by atoms with Crippen molar-refractivity contribution in [3.05, 3.63) is 0 Å². The molecule has 1 saturated carbocycles. The van der Waals surface area contributed by atoms with Crippen LogP contribution >= 0.6 is 7.82 Å². The standard InChI is InChI=1S/C51H99O13P/c1-3-5-7-9-11-13-15-17-18-19-20-21-22-23-24-25-26-28-29-31-33-35-37-39-44(52)61-41-43(42-62-65(59,60)64-51-49(57)47(55)46(54)48(56)50(51)58)63-45(53)40-38-36-34-32-30-27-16-14-12-10-8-6-4-2/h43,46-51,54-58H,3-42H2,1-2H3,(H,59,60)/t43-,46?,47-,48?,49?,50?,51?/m0/s1. The summed E-state index contributed by atoms with van der Waals surface area (Å²) in [5, 5.41) is 50.2. The van der Waals surface area contributed by atoms with E-state index < -0.39 is 75.7 Å². The number of carbonyl (C=O) groups excluding carboxylic acids is 2. The molecule has 0 radical (unpaired) electrons. The zero-order valence-corrected chi connectivity index (χ0v) is 42.2. The molecule has 6 N–H and O–H groups in total. The molecule has 1 fully saturated rings. The minimum atomic E-state index is -5.11. The molecule has 65 heavy (non-hydrogen) atoms. The summed E-state index contributed by atoms with van der Waals surface area (Å²) in [6.45, 7) is 3.35. The maximum Gasteiger partial charge on any atom is 0.472 e. The number of aliphatic hydroxyl groups excluding tert-OH is 5. The summed E-state index contributed by atoms with van der Waals surface area (Å²) in [7, 11) is -5.11. The molecule has 1 aliphatic rings. The highest BCUT2D eigenvalue weighted by molar-refractivity contribution is 7.47. The first kappa shape index (κ1) is 61.9. The van der Waals surface area contributed by atoms with E-state index in [4.69, 9.17) is 18.5 Å². The summed E-state index contributed by atoms with van der Waals surface area (Å²) in [6, 6.07) is 0. The van der Waals surface area contributed by atoms with Gasteiger partial charge in [0.2, 0.25) is 0 Å². The van der Waals surface area contributed by atoms with E-state index in [2.05, 4.69) is 13.8 Å². The van der Waals surface area contributed by atoms with Crippen molar-refractivity contribution >= 4 is 19.8 Å². The lowest BCUT2D eigenvalue weighted by Crippen LogP contribution is -2.64. The van der Waals surface area contributed by atoms with E-state index in [-0.39, 0.29) is 12.8 Å². The number of rotatable bonds is 46. The Morgan fingerprint density at radius 1 is 0.415 bits per heavy atom. The van der Waals surface area contributed by atoms with E-state index in [1.165, 1.54) is 180 Å². The highest BCUT2D eigenvalue weighted by Crippen LogP contribution is 2.47. The van der Waals surface area contributed by atoms with Crippen LogP contribution < -0.4 is 0 Å². The number of esters is 2. The number of unbranched alkanes of at least 4 members (excludes halogenated alkanes) is 34. The maximum atomic E-state index is 12.8.